The van der Waals surface area contributed by atoms with Crippen molar-refractivity contribution in [3.05, 3.63) is 95.8 Å². The Hall–Kier alpha value is -3.73. The highest BCUT2D eigenvalue weighted by atomic mass is 16.1. The minimum absolute atomic E-state index is 0.0383. The van der Waals surface area contributed by atoms with E-state index in [-0.39, 0.29) is 12.3 Å². The van der Waals surface area contributed by atoms with Gasteiger partial charge in [0.2, 0.25) is 0 Å². The van der Waals surface area contributed by atoms with Crippen LogP contribution in [0.25, 0.3) is 21.8 Å². The maximum Gasteiger partial charge on any atom is 0.184 e. The molecule has 5 heteroatoms. The molecule has 0 unspecified atom stereocenters. The normalized spacial score (nSPS) is 11.3. The van der Waals surface area contributed by atoms with Gasteiger partial charge in [0.1, 0.15) is 12.2 Å². The van der Waals surface area contributed by atoms with Crippen molar-refractivity contribution in [1.82, 2.24) is 19.6 Å². The van der Waals surface area contributed by atoms with Gasteiger partial charge < -0.3 is 4.57 Å². The minimum atomic E-state index is 0.0383. The summed E-state index contributed by atoms with van der Waals surface area (Å²) >= 11 is 0. The first-order valence-electron chi connectivity index (χ1n) is 9.64. The van der Waals surface area contributed by atoms with E-state index in [1.54, 1.807) is 4.68 Å². The van der Waals surface area contributed by atoms with Crippen molar-refractivity contribution in [2.24, 2.45) is 0 Å². The highest BCUT2D eigenvalue weighted by Gasteiger charge is 2.13. The standard InChI is InChI=1S/C24H20N4O/c1-17-8-2-3-9-19(17)24(29)16-27-14-18(25-26-27)15-28-22-12-6-4-10-20(22)21-11-5-7-13-23(21)28/h2-14H,15-16H2,1H3. The third-order valence-corrected chi connectivity index (χ3v) is 5.34. The quantitative estimate of drug-likeness (QED) is 0.418. The van der Waals surface area contributed by atoms with E-state index in [1.807, 2.05) is 37.4 Å². The largest absolute Gasteiger partial charge is 0.334 e. The number of aryl methyl sites for hydroxylation is 1. The lowest BCUT2D eigenvalue weighted by atomic mass is 10.1. The van der Waals surface area contributed by atoms with Gasteiger partial charge in [0.15, 0.2) is 5.78 Å². The van der Waals surface area contributed by atoms with Gasteiger partial charge in [-0.1, -0.05) is 65.9 Å². The predicted octanol–water partition coefficient (Wildman–Crippen LogP) is 4.63. The smallest absolute Gasteiger partial charge is 0.184 e. The number of rotatable bonds is 5. The first kappa shape index (κ1) is 17.4. The molecule has 0 amide bonds. The van der Waals surface area contributed by atoms with Crippen molar-refractivity contribution in [2.45, 2.75) is 20.0 Å². The third kappa shape index (κ3) is 3.10. The summed E-state index contributed by atoms with van der Waals surface area (Å²) in [7, 11) is 0. The summed E-state index contributed by atoms with van der Waals surface area (Å²) in [4.78, 5) is 12.6. The molecule has 0 spiro atoms. The van der Waals surface area contributed by atoms with Gasteiger partial charge in [-0.2, -0.15) is 0 Å². The molecule has 0 aliphatic rings. The van der Waals surface area contributed by atoms with Gasteiger partial charge >= 0.3 is 0 Å². The van der Waals surface area contributed by atoms with Gasteiger partial charge in [0.25, 0.3) is 0 Å². The summed E-state index contributed by atoms with van der Waals surface area (Å²) in [5, 5.41) is 11.0. The van der Waals surface area contributed by atoms with Crippen LogP contribution in [0.5, 0.6) is 0 Å². The average molecular weight is 380 g/mol. The summed E-state index contributed by atoms with van der Waals surface area (Å²) in [6.45, 7) is 2.74. The Morgan fingerprint density at radius 3 is 2.17 bits per heavy atom. The molecule has 0 saturated carbocycles. The van der Waals surface area contributed by atoms with E-state index in [1.165, 1.54) is 21.8 Å². The Morgan fingerprint density at radius 2 is 1.48 bits per heavy atom. The Kier molecular flexibility index (Phi) is 4.21. The molecule has 0 bridgehead atoms. The maximum absolute atomic E-state index is 12.6. The van der Waals surface area contributed by atoms with Crippen molar-refractivity contribution in [3.8, 4) is 0 Å². The van der Waals surface area contributed by atoms with Crippen LogP contribution in [0.15, 0.2) is 79.0 Å². The number of fused-ring (bicyclic) bond motifs is 3. The summed E-state index contributed by atoms with van der Waals surface area (Å²) in [5.74, 6) is 0.0383. The maximum atomic E-state index is 12.6. The van der Waals surface area contributed by atoms with Crippen LogP contribution in [-0.2, 0) is 13.1 Å². The summed E-state index contributed by atoms with van der Waals surface area (Å²) in [6, 6.07) is 24.4. The molecule has 0 saturated heterocycles. The van der Waals surface area contributed by atoms with E-state index in [0.717, 1.165) is 16.8 Å². The van der Waals surface area contributed by atoms with E-state index >= 15 is 0 Å². The van der Waals surface area contributed by atoms with Gasteiger partial charge in [-0.05, 0) is 24.6 Å². The first-order valence-corrected chi connectivity index (χ1v) is 9.64. The minimum Gasteiger partial charge on any atom is -0.334 e. The van der Waals surface area contributed by atoms with Crippen molar-refractivity contribution < 1.29 is 4.79 Å². The Morgan fingerprint density at radius 1 is 0.862 bits per heavy atom. The van der Waals surface area contributed by atoms with Gasteiger partial charge in [0.05, 0.1) is 12.7 Å². The fourth-order valence-electron chi connectivity index (χ4n) is 3.94. The van der Waals surface area contributed by atoms with Gasteiger partial charge in [-0.15, -0.1) is 5.10 Å². The summed E-state index contributed by atoms with van der Waals surface area (Å²) < 4.78 is 3.88. The number of Topliss-reactive ketones (excluding diaryl/α,β-unsaturated/α-hetero) is 1. The van der Waals surface area contributed by atoms with Crippen LogP contribution in [0.3, 0.4) is 0 Å². The molecule has 5 nitrogen and oxygen atoms in total. The number of hydrogen-bond acceptors (Lipinski definition) is 3. The molecule has 0 atom stereocenters. The first-order chi connectivity index (χ1) is 14.2. The molecule has 0 N–H and O–H groups in total. The van der Waals surface area contributed by atoms with Crippen LogP contribution in [0.4, 0.5) is 0 Å². The number of benzene rings is 3. The second-order valence-corrected chi connectivity index (χ2v) is 7.27. The molecule has 5 rings (SSSR count). The number of para-hydroxylation sites is 2. The average Bonchev–Trinajstić information content (AvgIpc) is 3.31. The Balaban J connectivity index is 1.45. The third-order valence-electron chi connectivity index (χ3n) is 5.34. The summed E-state index contributed by atoms with van der Waals surface area (Å²) in [6.07, 6.45) is 1.86. The van der Waals surface area contributed by atoms with Crippen LogP contribution in [0.1, 0.15) is 21.6 Å². The SMILES string of the molecule is Cc1ccccc1C(=O)Cn1cc(Cn2c3ccccc3c3ccccc32)nn1. The number of nitrogens with zero attached hydrogens (tertiary/aromatic N) is 4. The molecule has 3 aromatic carbocycles. The van der Waals surface area contributed by atoms with Gasteiger partial charge in [-0.25, -0.2) is 4.68 Å². The molecule has 2 heterocycles. The number of carbonyl (C=O) groups is 1. The molecule has 142 valence electrons. The Labute approximate surface area is 168 Å². The van der Waals surface area contributed by atoms with Crippen molar-refractivity contribution in [2.75, 3.05) is 0 Å². The molecule has 2 aromatic heterocycles. The number of carbonyl (C=O) groups excluding carboxylic acids is 1. The molecular weight excluding hydrogens is 360 g/mol. The zero-order valence-corrected chi connectivity index (χ0v) is 16.1. The Bertz CT molecular complexity index is 1290. The molecule has 5 aromatic rings. The highest BCUT2D eigenvalue weighted by molar-refractivity contribution is 6.08. The van der Waals surface area contributed by atoms with Crippen LogP contribution < -0.4 is 0 Å². The number of aromatic nitrogens is 4. The summed E-state index contributed by atoms with van der Waals surface area (Å²) in [5.41, 5.74) is 4.86. The molecule has 0 fully saturated rings. The lowest BCUT2D eigenvalue weighted by Gasteiger charge is -2.05. The van der Waals surface area contributed by atoms with Crippen LogP contribution in [-0.4, -0.2) is 25.3 Å². The van der Waals surface area contributed by atoms with E-state index in [0.29, 0.717) is 6.54 Å². The van der Waals surface area contributed by atoms with E-state index in [4.69, 9.17) is 0 Å². The molecule has 0 aliphatic heterocycles. The zero-order chi connectivity index (χ0) is 19.8. The molecule has 29 heavy (non-hydrogen) atoms. The number of ketones is 1. The fourth-order valence-corrected chi connectivity index (χ4v) is 3.94. The second-order valence-electron chi connectivity index (χ2n) is 7.27. The fraction of sp³-hybridized carbons (Fsp3) is 0.125. The second kappa shape index (κ2) is 7.02. The highest BCUT2D eigenvalue weighted by Crippen LogP contribution is 2.29. The van der Waals surface area contributed by atoms with Crippen LogP contribution in [0.2, 0.25) is 0 Å². The monoisotopic (exact) mass is 380 g/mol. The molecule has 0 radical (unpaired) electrons. The zero-order valence-electron chi connectivity index (χ0n) is 16.1. The van der Waals surface area contributed by atoms with E-state index in [2.05, 4.69) is 63.4 Å². The van der Waals surface area contributed by atoms with Gasteiger partial charge in [-0.3, -0.25) is 4.79 Å². The van der Waals surface area contributed by atoms with Crippen LogP contribution in [0, 0.1) is 6.92 Å². The molecule has 0 aliphatic carbocycles. The van der Waals surface area contributed by atoms with Crippen molar-refractivity contribution >= 4 is 27.6 Å². The lowest BCUT2D eigenvalue weighted by molar-refractivity contribution is 0.0966. The van der Waals surface area contributed by atoms with Crippen molar-refractivity contribution in [1.29, 1.82) is 0 Å². The predicted molar refractivity (Wildman–Crippen MR) is 114 cm³/mol. The van der Waals surface area contributed by atoms with E-state index in [9.17, 15) is 4.79 Å². The molecular formula is C24H20N4O. The topological polar surface area (TPSA) is 52.7 Å². The van der Waals surface area contributed by atoms with Crippen LogP contribution >= 0.6 is 0 Å². The van der Waals surface area contributed by atoms with Crippen molar-refractivity contribution in [3.63, 3.8) is 0 Å². The lowest BCUT2D eigenvalue weighted by Crippen LogP contribution is -2.12. The number of hydrogen-bond donors (Lipinski definition) is 0. The van der Waals surface area contributed by atoms with Gasteiger partial charge in [0, 0.05) is 27.4 Å². The van der Waals surface area contributed by atoms with E-state index < -0.39 is 0 Å².